The second-order valence-electron chi connectivity index (χ2n) is 4.95. The number of amides is 1. The van der Waals surface area contributed by atoms with E-state index in [-0.39, 0.29) is 11.9 Å². The number of hydrogen-bond donors (Lipinski definition) is 1. The van der Waals surface area contributed by atoms with Crippen molar-refractivity contribution in [2.45, 2.75) is 51.2 Å². The van der Waals surface area contributed by atoms with Gasteiger partial charge in [0.1, 0.15) is 0 Å². The van der Waals surface area contributed by atoms with Crippen molar-refractivity contribution >= 4 is 5.91 Å². The van der Waals surface area contributed by atoms with Gasteiger partial charge in [-0.15, -0.1) is 0 Å². The maximum absolute atomic E-state index is 12.3. The lowest BCUT2D eigenvalue weighted by Gasteiger charge is -2.25. The molecule has 1 aromatic heterocycles. The highest BCUT2D eigenvalue weighted by atomic mass is 16.2. The van der Waals surface area contributed by atoms with Crippen molar-refractivity contribution < 1.29 is 4.79 Å². The highest BCUT2D eigenvalue weighted by Gasteiger charge is 2.34. The Kier molecular flexibility index (Phi) is 4.31. The van der Waals surface area contributed by atoms with Crippen LogP contribution in [0.1, 0.15) is 38.2 Å². The van der Waals surface area contributed by atoms with Crippen LogP contribution in [0.25, 0.3) is 0 Å². The molecular formula is C14H21N3O. The van der Waals surface area contributed by atoms with E-state index in [1.165, 1.54) is 0 Å². The lowest BCUT2D eigenvalue weighted by molar-refractivity contribution is -0.134. The Bertz CT molecular complexity index is 389. The Morgan fingerprint density at radius 3 is 2.72 bits per heavy atom. The summed E-state index contributed by atoms with van der Waals surface area (Å²) >= 11 is 0. The lowest BCUT2D eigenvalue weighted by atomic mass is 10.1. The maximum atomic E-state index is 12.3. The van der Waals surface area contributed by atoms with Gasteiger partial charge >= 0.3 is 0 Å². The molecular weight excluding hydrogens is 226 g/mol. The Morgan fingerprint density at radius 2 is 2.17 bits per heavy atom. The fourth-order valence-corrected chi connectivity index (χ4v) is 2.11. The quantitative estimate of drug-likeness (QED) is 0.832. The van der Waals surface area contributed by atoms with Crippen LogP contribution in [0.15, 0.2) is 24.5 Å². The highest BCUT2D eigenvalue weighted by Crippen LogP contribution is 2.29. The molecule has 1 saturated carbocycles. The van der Waals surface area contributed by atoms with Crippen molar-refractivity contribution in [3.8, 4) is 0 Å². The summed E-state index contributed by atoms with van der Waals surface area (Å²) < 4.78 is 0. The van der Waals surface area contributed by atoms with Crippen molar-refractivity contribution in [2.24, 2.45) is 5.73 Å². The number of carbonyl (C=O) groups is 1. The average Bonchev–Trinajstić information content (AvgIpc) is 3.21. The topological polar surface area (TPSA) is 59.2 Å². The van der Waals surface area contributed by atoms with E-state index >= 15 is 0 Å². The molecule has 1 heterocycles. The average molecular weight is 247 g/mol. The van der Waals surface area contributed by atoms with Crippen LogP contribution in [0.3, 0.4) is 0 Å². The monoisotopic (exact) mass is 247 g/mol. The molecule has 0 aliphatic heterocycles. The van der Waals surface area contributed by atoms with Gasteiger partial charge in [0.2, 0.25) is 5.91 Å². The molecule has 4 nitrogen and oxygen atoms in total. The standard InChI is InChI=1S/C14H21N3O/c1-2-3-13(15)14(18)17(12-4-5-12)10-11-6-8-16-9-7-11/h6-9,12-13H,2-5,10,15H2,1H3/t13-/m0/s1. The van der Waals surface area contributed by atoms with E-state index in [2.05, 4.69) is 11.9 Å². The van der Waals surface area contributed by atoms with Crippen LogP contribution in [0.2, 0.25) is 0 Å². The summed E-state index contributed by atoms with van der Waals surface area (Å²) in [6.45, 7) is 2.71. The van der Waals surface area contributed by atoms with Gasteiger partial charge < -0.3 is 10.6 Å². The van der Waals surface area contributed by atoms with Crippen LogP contribution in [-0.2, 0) is 11.3 Å². The number of hydrogen-bond acceptors (Lipinski definition) is 3. The Labute approximate surface area is 108 Å². The number of pyridine rings is 1. The first-order valence-corrected chi connectivity index (χ1v) is 6.67. The number of carbonyl (C=O) groups excluding carboxylic acids is 1. The van der Waals surface area contributed by atoms with Crippen LogP contribution in [0, 0.1) is 0 Å². The van der Waals surface area contributed by atoms with E-state index in [0.29, 0.717) is 12.6 Å². The van der Waals surface area contributed by atoms with Gasteiger partial charge in [-0.05, 0) is 37.0 Å². The zero-order valence-electron chi connectivity index (χ0n) is 10.9. The van der Waals surface area contributed by atoms with Crippen molar-refractivity contribution in [3.05, 3.63) is 30.1 Å². The third-order valence-electron chi connectivity index (χ3n) is 3.29. The van der Waals surface area contributed by atoms with E-state index in [0.717, 1.165) is 31.2 Å². The number of nitrogens with two attached hydrogens (primary N) is 1. The molecule has 1 aliphatic carbocycles. The summed E-state index contributed by atoms with van der Waals surface area (Å²) in [6, 6.07) is 3.95. The summed E-state index contributed by atoms with van der Waals surface area (Å²) in [6.07, 6.45) is 7.44. The fourth-order valence-electron chi connectivity index (χ4n) is 2.11. The minimum Gasteiger partial charge on any atom is -0.334 e. The number of rotatable bonds is 6. The largest absolute Gasteiger partial charge is 0.334 e. The first-order chi connectivity index (χ1) is 8.72. The van der Waals surface area contributed by atoms with Gasteiger partial charge in [0.05, 0.1) is 6.04 Å². The van der Waals surface area contributed by atoms with Crippen LogP contribution >= 0.6 is 0 Å². The molecule has 0 unspecified atom stereocenters. The minimum atomic E-state index is -0.350. The molecule has 0 aromatic carbocycles. The summed E-state index contributed by atoms with van der Waals surface area (Å²) in [5, 5.41) is 0. The summed E-state index contributed by atoms with van der Waals surface area (Å²) in [5.74, 6) is 0.0937. The van der Waals surface area contributed by atoms with Gasteiger partial charge in [0.25, 0.3) is 0 Å². The van der Waals surface area contributed by atoms with E-state index in [1.807, 2.05) is 17.0 Å². The van der Waals surface area contributed by atoms with Crippen LogP contribution < -0.4 is 5.73 Å². The predicted octanol–water partition coefficient (Wildman–Crippen LogP) is 1.70. The predicted molar refractivity (Wildman–Crippen MR) is 70.7 cm³/mol. The maximum Gasteiger partial charge on any atom is 0.240 e. The first kappa shape index (κ1) is 13.0. The Morgan fingerprint density at radius 1 is 1.50 bits per heavy atom. The van der Waals surface area contributed by atoms with E-state index in [4.69, 9.17) is 5.73 Å². The van der Waals surface area contributed by atoms with Crippen molar-refractivity contribution in [1.29, 1.82) is 0 Å². The molecule has 1 atom stereocenters. The molecule has 18 heavy (non-hydrogen) atoms. The molecule has 1 aliphatic rings. The molecule has 0 radical (unpaired) electrons. The molecule has 4 heteroatoms. The highest BCUT2D eigenvalue weighted by molar-refractivity contribution is 5.82. The van der Waals surface area contributed by atoms with Gasteiger partial charge in [0.15, 0.2) is 0 Å². The molecule has 2 N–H and O–H groups in total. The molecule has 98 valence electrons. The van der Waals surface area contributed by atoms with Crippen LogP contribution in [0.5, 0.6) is 0 Å². The van der Waals surface area contributed by atoms with Gasteiger partial charge in [0, 0.05) is 25.0 Å². The third-order valence-corrected chi connectivity index (χ3v) is 3.29. The molecule has 2 rings (SSSR count). The molecule has 0 bridgehead atoms. The normalized spacial score (nSPS) is 16.3. The van der Waals surface area contributed by atoms with Gasteiger partial charge in [-0.3, -0.25) is 9.78 Å². The molecule has 1 fully saturated rings. The van der Waals surface area contributed by atoms with Crippen molar-refractivity contribution in [2.75, 3.05) is 0 Å². The minimum absolute atomic E-state index is 0.0937. The molecule has 1 aromatic rings. The SMILES string of the molecule is CCC[C@H](N)C(=O)N(Cc1ccncc1)C1CC1. The summed E-state index contributed by atoms with van der Waals surface area (Å²) in [7, 11) is 0. The number of aromatic nitrogens is 1. The van der Waals surface area contributed by atoms with Crippen LogP contribution in [0.4, 0.5) is 0 Å². The molecule has 1 amide bonds. The Balaban J connectivity index is 2.02. The third kappa shape index (κ3) is 3.29. The first-order valence-electron chi connectivity index (χ1n) is 6.67. The number of nitrogens with zero attached hydrogens (tertiary/aromatic N) is 2. The zero-order chi connectivity index (χ0) is 13.0. The lowest BCUT2D eigenvalue weighted by Crippen LogP contribution is -2.44. The smallest absolute Gasteiger partial charge is 0.240 e. The van der Waals surface area contributed by atoms with Crippen molar-refractivity contribution in [1.82, 2.24) is 9.88 Å². The second-order valence-corrected chi connectivity index (χ2v) is 4.95. The second kappa shape index (κ2) is 5.96. The van der Waals surface area contributed by atoms with Gasteiger partial charge in [-0.25, -0.2) is 0 Å². The fraction of sp³-hybridized carbons (Fsp3) is 0.571. The Hall–Kier alpha value is -1.42. The van der Waals surface area contributed by atoms with Crippen molar-refractivity contribution in [3.63, 3.8) is 0 Å². The van der Waals surface area contributed by atoms with E-state index < -0.39 is 0 Å². The summed E-state index contributed by atoms with van der Waals surface area (Å²) in [5.41, 5.74) is 7.06. The van der Waals surface area contributed by atoms with E-state index in [9.17, 15) is 4.79 Å². The molecule has 0 spiro atoms. The van der Waals surface area contributed by atoms with Gasteiger partial charge in [-0.2, -0.15) is 0 Å². The van der Waals surface area contributed by atoms with Crippen LogP contribution in [-0.4, -0.2) is 27.9 Å². The van der Waals surface area contributed by atoms with Gasteiger partial charge in [-0.1, -0.05) is 13.3 Å². The summed E-state index contributed by atoms with van der Waals surface area (Å²) in [4.78, 5) is 18.2. The van der Waals surface area contributed by atoms with E-state index in [1.54, 1.807) is 12.4 Å². The molecule has 0 saturated heterocycles. The zero-order valence-corrected chi connectivity index (χ0v) is 10.9.